The highest BCUT2D eigenvalue weighted by Gasteiger charge is 1.99. The van der Waals surface area contributed by atoms with Crippen LogP contribution >= 0.6 is 0 Å². The molecule has 0 aromatic heterocycles. The Hall–Kier alpha value is -1.50. The van der Waals surface area contributed by atoms with E-state index in [9.17, 15) is 0 Å². The first-order valence-corrected chi connectivity index (χ1v) is 5.43. The number of ether oxygens (including phenoxy) is 1. The van der Waals surface area contributed by atoms with E-state index in [2.05, 4.69) is 24.3 Å². The molecule has 0 atom stereocenters. The predicted molar refractivity (Wildman–Crippen MR) is 62.3 cm³/mol. The third kappa shape index (κ3) is 3.28. The summed E-state index contributed by atoms with van der Waals surface area (Å²) in [5, 5.41) is 0. The number of allylic oxidation sites excluding steroid dienone is 3. The van der Waals surface area contributed by atoms with E-state index in [-0.39, 0.29) is 0 Å². The van der Waals surface area contributed by atoms with Crippen LogP contribution in [0.5, 0.6) is 0 Å². The van der Waals surface area contributed by atoms with Gasteiger partial charge in [0, 0.05) is 0 Å². The minimum absolute atomic E-state index is 0.675. The SMILES string of the molecule is C1=CCC(=COCc2ccccc2)CC1. The quantitative estimate of drug-likeness (QED) is 0.532. The maximum atomic E-state index is 5.56. The maximum absolute atomic E-state index is 5.56. The van der Waals surface area contributed by atoms with Crippen molar-refractivity contribution < 1.29 is 4.74 Å². The Bertz CT molecular complexity index is 349. The summed E-state index contributed by atoms with van der Waals surface area (Å²) < 4.78 is 5.56. The molecule has 0 N–H and O–H groups in total. The smallest absolute Gasteiger partial charge is 0.112 e. The van der Waals surface area contributed by atoms with Gasteiger partial charge >= 0.3 is 0 Å². The second-order valence-electron chi connectivity index (χ2n) is 3.79. The predicted octanol–water partition coefficient (Wildman–Crippen LogP) is 3.83. The highest BCUT2D eigenvalue weighted by Crippen LogP contribution is 2.17. The molecule has 0 unspecified atom stereocenters. The van der Waals surface area contributed by atoms with Gasteiger partial charge in [0.05, 0.1) is 6.26 Å². The van der Waals surface area contributed by atoms with Gasteiger partial charge in [-0.25, -0.2) is 0 Å². The first-order chi connectivity index (χ1) is 7.45. The van der Waals surface area contributed by atoms with Gasteiger partial charge < -0.3 is 4.74 Å². The Balaban J connectivity index is 1.81. The van der Waals surface area contributed by atoms with Gasteiger partial charge in [0.25, 0.3) is 0 Å². The average molecular weight is 200 g/mol. The van der Waals surface area contributed by atoms with Crippen LogP contribution in [0, 0.1) is 0 Å². The molecule has 0 heterocycles. The van der Waals surface area contributed by atoms with Crippen molar-refractivity contribution in [3.63, 3.8) is 0 Å². The van der Waals surface area contributed by atoms with Gasteiger partial charge in [0.2, 0.25) is 0 Å². The van der Waals surface area contributed by atoms with Crippen LogP contribution in [0.15, 0.2) is 54.3 Å². The van der Waals surface area contributed by atoms with Crippen LogP contribution in [-0.2, 0) is 11.3 Å². The van der Waals surface area contributed by atoms with E-state index in [4.69, 9.17) is 4.74 Å². The molecule has 1 aliphatic rings. The van der Waals surface area contributed by atoms with Gasteiger partial charge in [-0.15, -0.1) is 0 Å². The van der Waals surface area contributed by atoms with Crippen LogP contribution in [0.25, 0.3) is 0 Å². The second-order valence-corrected chi connectivity index (χ2v) is 3.79. The molecule has 0 aliphatic heterocycles. The van der Waals surface area contributed by atoms with E-state index in [1.807, 2.05) is 24.5 Å². The van der Waals surface area contributed by atoms with Crippen LogP contribution in [0.2, 0.25) is 0 Å². The van der Waals surface area contributed by atoms with E-state index >= 15 is 0 Å². The van der Waals surface area contributed by atoms with Crippen molar-refractivity contribution in [3.05, 3.63) is 59.9 Å². The largest absolute Gasteiger partial charge is 0.497 e. The molecule has 0 bridgehead atoms. The van der Waals surface area contributed by atoms with Crippen LogP contribution in [0.4, 0.5) is 0 Å². The summed E-state index contributed by atoms with van der Waals surface area (Å²) in [6, 6.07) is 10.3. The van der Waals surface area contributed by atoms with Crippen LogP contribution in [0.1, 0.15) is 24.8 Å². The molecule has 0 amide bonds. The molecule has 1 nitrogen and oxygen atoms in total. The first-order valence-electron chi connectivity index (χ1n) is 5.43. The van der Waals surface area contributed by atoms with E-state index in [0.717, 1.165) is 19.3 Å². The first kappa shape index (κ1) is 10.0. The molecule has 15 heavy (non-hydrogen) atoms. The summed E-state index contributed by atoms with van der Waals surface area (Å²) >= 11 is 0. The zero-order chi connectivity index (χ0) is 10.3. The maximum Gasteiger partial charge on any atom is 0.112 e. The lowest BCUT2D eigenvalue weighted by Gasteiger charge is -2.08. The summed E-state index contributed by atoms with van der Waals surface area (Å²) in [5.41, 5.74) is 2.62. The molecule has 0 saturated carbocycles. The molecule has 1 aliphatic carbocycles. The third-order valence-corrected chi connectivity index (χ3v) is 2.52. The van der Waals surface area contributed by atoms with Gasteiger partial charge in [-0.05, 0) is 30.4 Å². The van der Waals surface area contributed by atoms with E-state index in [0.29, 0.717) is 6.61 Å². The number of benzene rings is 1. The lowest BCUT2D eigenvalue weighted by Crippen LogP contribution is -1.91. The minimum atomic E-state index is 0.675. The van der Waals surface area contributed by atoms with Crippen LogP contribution < -0.4 is 0 Å². The molecule has 0 spiro atoms. The van der Waals surface area contributed by atoms with Crippen molar-refractivity contribution in [2.24, 2.45) is 0 Å². The Morgan fingerprint density at radius 1 is 1.13 bits per heavy atom. The number of hydrogen-bond acceptors (Lipinski definition) is 1. The zero-order valence-electron chi connectivity index (χ0n) is 8.86. The van der Waals surface area contributed by atoms with Crippen molar-refractivity contribution >= 4 is 0 Å². The molecule has 0 saturated heterocycles. The van der Waals surface area contributed by atoms with Gasteiger partial charge in [-0.1, -0.05) is 42.5 Å². The summed E-state index contributed by atoms with van der Waals surface area (Å²) in [7, 11) is 0. The number of rotatable bonds is 3. The average Bonchev–Trinajstić information content (AvgIpc) is 2.32. The third-order valence-electron chi connectivity index (χ3n) is 2.52. The highest BCUT2D eigenvalue weighted by atomic mass is 16.5. The van der Waals surface area contributed by atoms with Gasteiger partial charge in [0.1, 0.15) is 6.61 Å². The highest BCUT2D eigenvalue weighted by molar-refractivity contribution is 5.14. The summed E-state index contributed by atoms with van der Waals surface area (Å²) in [6.45, 7) is 0.675. The van der Waals surface area contributed by atoms with E-state index < -0.39 is 0 Å². The van der Waals surface area contributed by atoms with Crippen LogP contribution in [-0.4, -0.2) is 0 Å². The van der Waals surface area contributed by atoms with Crippen LogP contribution in [0.3, 0.4) is 0 Å². The molecule has 2 rings (SSSR count). The summed E-state index contributed by atoms with van der Waals surface area (Å²) in [4.78, 5) is 0. The molecule has 1 aromatic carbocycles. The minimum Gasteiger partial charge on any atom is -0.497 e. The summed E-state index contributed by atoms with van der Waals surface area (Å²) in [6.07, 6.45) is 9.72. The molecule has 1 aromatic rings. The van der Waals surface area contributed by atoms with Crippen molar-refractivity contribution in [2.75, 3.05) is 0 Å². The lowest BCUT2D eigenvalue weighted by atomic mass is 10.0. The van der Waals surface area contributed by atoms with Crippen molar-refractivity contribution in [3.8, 4) is 0 Å². The second kappa shape index (κ2) is 5.40. The fourth-order valence-corrected chi connectivity index (χ4v) is 1.66. The fraction of sp³-hybridized carbons (Fsp3) is 0.286. The normalized spacial score (nSPS) is 18.0. The fourth-order valence-electron chi connectivity index (χ4n) is 1.66. The van der Waals surface area contributed by atoms with Crippen molar-refractivity contribution in [1.29, 1.82) is 0 Å². The van der Waals surface area contributed by atoms with Crippen molar-refractivity contribution in [2.45, 2.75) is 25.9 Å². The monoisotopic (exact) mass is 200 g/mol. The Kier molecular flexibility index (Phi) is 3.61. The van der Waals surface area contributed by atoms with E-state index in [1.165, 1.54) is 11.1 Å². The zero-order valence-corrected chi connectivity index (χ0v) is 8.86. The van der Waals surface area contributed by atoms with Gasteiger partial charge in [-0.3, -0.25) is 0 Å². The van der Waals surface area contributed by atoms with E-state index in [1.54, 1.807) is 0 Å². The topological polar surface area (TPSA) is 9.23 Å². The molecule has 0 fully saturated rings. The Morgan fingerprint density at radius 2 is 2.00 bits per heavy atom. The Morgan fingerprint density at radius 3 is 2.73 bits per heavy atom. The molecule has 0 radical (unpaired) electrons. The van der Waals surface area contributed by atoms with Gasteiger partial charge in [-0.2, -0.15) is 0 Å². The number of hydrogen-bond donors (Lipinski definition) is 0. The summed E-state index contributed by atoms with van der Waals surface area (Å²) in [5.74, 6) is 0. The van der Waals surface area contributed by atoms with Crippen molar-refractivity contribution in [1.82, 2.24) is 0 Å². The Labute approximate surface area is 91.1 Å². The van der Waals surface area contributed by atoms with Gasteiger partial charge in [0.15, 0.2) is 0 Å². The lowest BCUT2D eigenvalue weighted by molar-refractivity contribution is 0.232. The standard InChI is InChI=1S/C14H16O/c1-3-7-13(8-4-1)11-15-12-14-9-5-2-6-10-14/h1-5,7-8,12H,6,9-11H2. The molecular weight excluding hydrogens is 184 g/mol. The molecular formula is C14H16O. The molecule has 1 heteroatoms. The molecule has 78 valence electrons.